The number of ether oxygens (including phenoxy) is 1. The summed E-state index contributed by atoms with van der Waals surface area (Å²) in [5.74, 6) is -0.333. The van der Waals surface area contributed by atoms with Crippen molar-refractivity contribution in [2.75, 3.05) is 23.7 Å². The first-order valence-electron chi connectivity index (χ1n) is 9.84. The second-order valence-corrected chi connectivity index (χ2v) is 8.40. The lowest BCUT2D eigenvalue weighted by Crippen LogP contribution is -2.40. The average molecular weight is 414 g/mol. The fourth-order valence-electron chi connectivity index (χ4n) is 2.68. The number of pyridine rings is 1. The highest BCUT2D eigenvalue weighted by Crippen LogP contribution is 2.23. The lowest BCUT2D eigenvalue weighted by atomic mass is 9.99. The van der Waals surface area contributed by atoms with E-state index in [1.807, 2.05) is 19.9 Å². The Hall–Kier alpha value is -2.97. The van der Waals surface area contributed by atoms with Crippen molar-refractivity contribution in [1.82, 2.24) is 10.3 Å². The maximum Gasteiger partial charge on any atom is 0.412 e. The molecule has 2 amide bonds. The van der Waals surface area contributed by atoms with Gasteiger partial charge in [-0.1, -0.05) is 12.1 Å². The lowest BCUT2D eigenvalue weighted by Gasteiger charge is -2.25. The zero-order valence-corrected chi connectivity index (χ0v) is 18.2. The third-order valence-electron chi connectivity index (χ3n) is 4.19. The zero-order chi connectivity index (χ0) is 22.4. The highest BCUT2D eigenvalue weighted by molar-refractivity contribution is 6.06. The smallest absolute Gasteiger partial charge is 0.412 e. The molecule has 1 heterocycles. The summed E-state index contributed by atoms with van der Waals surface area (Å²) in [5, 5.41) is 8.78. The van der Waals surface area contributed by atoms with Gasteiger partial charge in [0, 0.05) is 19.3 Å². The summed E-state index contributed by atoms with van der Waals surface area (Å²) < 4.78 is 5.27. The lowest BCUT2D eigenvalue weighted by molar-refractivity contribution is 0.0635. The van der Waals surface area contributed by atoms with Crippen molar-refractivity contribution < 1.29 is 14.3 Å². The van der Waals surface area contributed by atoms with E-state index in [0.29, 0.717) is 30.0 Å². The molecule has 30 heavy (non-hydrogen) atoms. The normalized spacial score (nSPS) is 11.7. The van der Waals surface area contributed by atoms with Gasteiger partial charge in [-0.25, -0.2) is 4.79 Å². The Labute approximate surface area is 177 Å². The summed E-state index contributed by atoms with van der Waals surface area (Å²) in [6.45, 7) is 10.5. The highest BCUT2D eigenvalue weighted by atomic mass is 16.6. The van der Waals surface area contributed by atoms with Gasteiger partial charge >= 0.3 is 6.09 Å². The molecule has 0 aliphatic carbocycles. The summed E-state index contributed by atoms with van der Waals surface area (Å²) in [5.41, 5.74) is 6.68. The molecule has 0 aliphatic heterocycles. The van der Waals surface area contributed by atoms with Gasteiger partial charge in [-0.15, -0.1) is 0 Å². The van der Waals surface area contributed by atoms with Crippen molar-refractivity contribution in [1.29, 1.82) is 0 Å². The molecule has 1 aromatic heterocycles. The van der Waals surface area contributed by atoms with E-state index in [0.717, 1.165) is 5.69 Å². The first-order chi connectivity index (χ1) is 14.0. The number of hydrogen-bond acceptors (Lipinski definition) is 6. The van der Waals surface area contributed by atoms with Gasteiger partial charge in [0.15, 0.2) is 0 Å². The second kappa shape index (κ2) is 9.69. The van der Waals surface area contributed by atoms with Crippen molar-refractivity contribution in [3.63, 3.8) is 0 Å². The number of nitrogens with one attached hydrogen (secondary N) is 3. The number of carbonyl (C=O) groups excluding carboxylic acids is 2. The first kappa shape index (κ1) is 23.3. The standard InChI is InChI=1S/C22H31N5O3/c1-21(2,3)30-20(29)27-17-9-7-6-8-16(17)26-19(28)15-10-11-18(24-14-15)22(4,5)25-13-12-23/h6-11,14,25H,12-13,23H2,1-5H3,(H,26,28)(H,27,29). The monoisotopic (exact) mass is 413 g/mol. The van der Waals surface area contributed by atoms with Crippen LogP contribution in [0.4, 0.5) is 16.2 Å². The predicted octanol–water partition coefficient (Wildman–Crippen LogP) is 3.46. The molecule has 2 aromatic rings. The molecule has 8 heteroatoms. The molecule has 0 unspecified atom stereocenters. The van der Waals surface area contributed by atoms with Crippen LogP contribution < -0.4 is 21.7 Å². The van der Waals surface area contributed by atoms with E-state index in [2.05, 4.69) is 20.9 Å². The van der Waals surface area contributed by atoms with Crippen LogP contribution in [-0.2, 0) is 10.3 Å². The van der Waals surface area contributed by atoms with Crippen molar-refractivity contribution in [2.24, 2.45) is 5.73 Å². The molecule has 5 N–H and O–H groups in total. The SMILES string of the molecule is CC(C)(C)OC(=O)Nc1ccccc1NC(=O)c1ccc(C(C)(C)NCCN)nc1. The second-order valence-electron chi connectivity index (χ2n) is 8.40. The van der Waals surface area contributed by atoms with Gasteiger partial charge in [-0.05, 0) is 58.9 Å². The first-order valence-corrected chi connectivity index (χ1v) is 9.84. The number of carbonyl (C=O) groups is 2. The van der Waals surface area contributed by atoms with Gasteiger partial charge in [0.2, 0.25) is 0 Å². The number of benzene rings is 1. The molecule has 0 fully saturated rings. The number of nitrogens with two attached hydrogens (primary N) is 1. The van der Waals surface area contributed by atoms with E-state index in [4.69, 9.17) is 10.5 Å². The fraction of sp³-hybridized carbons (Fsp3) is 0.409. The molecule has 0 saturated heterocycles. The number of para-hydroxylation sites is 2. The van der Waals surface area contributed by atoms with Crippen LogP contribution in [0.5, 0.6) is 0 Å². The number of hydrogen-bond donors (Lipinski definition) is 4. The third-order valence-corrected chi connectivity index (χ3v) is 4.19. The molecule has 0 aliphatic rings. The molecule has 1 aromatic carbocycles. The number of nitrogens with zero attached hydrogens (tertiary/aromatic N) is 1. The van der Waals surface area contributed by atoms with Crippen LogP contribution in [0, 0.1) is 0 Å². The van der Waals surface area contributed by atoms with Gasteiger partial charge < -0.3 is 21.1 Å². The molecule has 0 spiro atoms. The van der Waals surface area contributed by atoms with Crippen LogP contribution in [0.15, 0.2) is 42.6 Å². The van der Waals surface area contributed by atoms with Crippen LogP contribution in [0.1, 0.15) is 50.7 Å². The minimum Gasteiger partial charge on any atom is -0.444 e. The average Bonchev–Trinajstić information content (AvgIpc) is 2.66. The molecule has 0 saturated carbocycles. The van der Waals surface area contributed by atoms with E-state index in [-0.39, 0.29) is 11.4 Å². The van der Waals surface area contributed by atoms with Crippen molar-refractivity contribution in [3.8, 4) is 0 Å². The zero-order valence-electron chi connectivity index (χ0n) is 18.2. The Bertz CT molecular complexity index is 873. The summed E-state index contributed by atoms with van der Waals surface area (Å²) in [4.78, 5) is 29.2. The van der Waals surface area contributed by atoms with Crippen LogP contribution in [0.2, 0.25) is 0 Å². The van der Waals surface area contributed by atoms with Gasteiger partial charge in [0.05, 0.1) is 28.2 Å². The molecule has 0 radical (unpaired) electrons. The van der Waals surface area contributed by atoms with Gasteiger partial charge in [0.25, 0.3) is 5.91 Å². The van der Waals surface area contributed by atoms with Crippen LogP contribution in [0.3, 0.4) is 0 Å². The van der Waals surface area contributed by atoms with Crippen molar-refractivity contribution in [3.05, 3.63) is 53.9 Å². The Morgan fingerprint density at radius 1 is 1.00 bits per heavy atom. The Kier molecular flexibility index (Phi) is 7.53. The van der Waals surface area contributed by atoms with Crippen molar-refractivity contribution in [2.45, 2.75) is 45.8 Å². The third kappa shape index (κ3) is 6.82. The Morgan fingerprint density at radius 3 is 2.17 bits per heavy atom. The largest absolute Gasteiger partial charge is 0.444 e. The van der Waals surface area contributed by atoms with E-state index < -0.39 is 11.7 Å². The van der Waals surface area contributed by atoms with Gasteiger partial charge in [-0.3, -0.25) is 15.1 Å². The molecule has 162 valence electrons. The summed E-state index contributed by atoms with van der Waals surface area (Å²) in [7, 11) is 0. The Morgan fingerprint density at radius 2 is 1.63 bits per heavy atom. The van der Waals surface area contributed by atoms with E-state index in [1.54, 1.807) is 51.1 Å². The predicted molar refractivity (Wildman–Crippen MR) is 119 cm³/mol. The number of anilines is 2. The van der Waals surface area contributed by atoms with E-state index in [9.17, 15) is 9.59 Å². The maximum absolute atomic E-state index is 12.7. The Balaban J connectivity index is 2.10. The van der Waals surface area contributed by atoms with Gasteiger partial charge in [0.1, 0.15) is 5.60 Å². The number of aromatic nitrogens is 1. The summed E-state index contributed by atoms with van der Waals surface area (Å²) >= 11 is 0. The molecular formula is C22H31N5O3. The highest BCUT2D eigenvalue weighted by Gasteiger charge is 2.22. The van der Waals surface area contributed by atoms with Crippen molar-refractivity contribution >= 4 is 23.4 Å². The van der Waals surface area contributed by atoms with E-state index in [1.165, 1.54) is 6.20 Å². The molecular weight excluding hydrogens is 382 g/mol. The van der Waals surface area contributed by atoms with E-state index >= 15 is 0 Å². The minimum absolute atomic E-state index is 0.333. The number of amides is 2. The summed E-state index contributed by atoms with van der Waals surface area (Å²) in [6.07, 6.45) is 0.933. The maximum atomic E-state index is 12.7. The quantitative estimate of drug-likeness (QED) is 0.552. The van der Waals surface area contributed by atoms with Crippen LogP contribution >= 0.6 is 0 Å². The van der Waals surface area contributed by atoms with Gasteiger partial charge in [-0.2, -0.15) is 0 Å². The molecule has 8 nitrogen and oxygen atoms in total. The number of rotatable bonds is 7. The van der Waals surface area contributed by atoms with Crippen LogP contribution in [0.25, 0.3) is 0 Å². The summed E-state index contributed by atoms with van der Waals surface area (Å²) in [6, 6.07) is 10.4. The minimum atomic E-state index is -0.623. The fourth-order valence-corrected chi connectivity index (χ4v) is 2.68. The van der Waals surface area contributed by atoms with Crippen LogP contribution in [-0.4, -0.2) is 35.7 Å². The topological polar surface area (TPSA) is 118 Å². The molecule has 0 atom stereocenters. The molecule has 2 rings (SSSR count). The molecule has 0 bridgehead atoms.